The van der Waals surface area contributed by atoms with Gasteiger partial charge in [0.1, 0.15) is 5.69 Å². The number of rotatable bonds is 5. The Morgan fingerprint density at radius 3 is 2.65 bits per heavy atom. The summed E-state index contributed by atoms with van der Waals surface area (Å²) in [5.74, 6) is -2.87. The second-order valence-electron chi connectivity index (χ2n) is 4.17. The summed E-state index contributed by atoms with van der Waals surface area (Å²) in [7, 11) is 0. The maximum Gasteiger partial charge on any atom is 0.354 e. The lowest BCUT2D eigenvalue weighted by Crippen LogP contribution is -2.15. The molecule has 104 valence electrons. The van der Waals surface area contributed by atoms with Crippen LogP contribution in [0, 0.1) is 11.6 Å². The summed E-state index contributed by atoms with van der Waals surface area (Å²) in [6.07, 6.45) is 0. The van der Waals surface area contributed by atoms with Crippen LogP contribution in [0.4, 0.5) is 8.78 Å². The third-order valence-corrected chi connectivity index (χ3v) is 2.65. The number of aromatic carboxylic acids is 1. The van der Waals surface area contributed by atoms with Gasteiger partial charge >= 0.3 is 5.97 Å². The molecule has 6 heteroatoms. The average Bonchev–Trinajstić information content (AvgIpc) is 2.43. The molecule has 0 atom stereocenters. The molecule has 0 aliphatic carbocycles. The fraction of sp³-hybridized carbons (Fsp3) is 0.143. The van der Waals surface area contributed by atoms with Gasteiger partial charge in [-0.3, -0.25) is 0 Å². The van der Waals surface area contributed by atoms with E-state index in [4.69, 9.17) is 5.11 Å². The molecule has 0 aliphatic heterocycles. The zero-order valence-electron chi connectivity index (χ0n) is 10.4. The third-order valence-electron chi connectivity index (χ3n) is 2.65. The predicted octanol–water partition coefficient (Wildman–Crippen LogP) is 2.35. The highest BCUT2D eigenvalue weighted by atomic mass is 19.2. The minimum absolute atomic E-state index is 0.0304. The summed E-state index contributed by atoms with van der Waals surface area (Å²) in [5.41, 5.74) is 1.13. The van der Waals surface area contributed by atoms with Crippen molar-refractivity contribution in [3.63, 3.8) is 0 Å². The molecular formula is C14H12F2N2O2. The molecular weight excluding hydrogens is 266 g/mol. The molecule has 2 aromatic rings. The number of hydrogen-bond acceptors (Lipinski definition) is 3. The molecule has 2 N–H and O–H groups in total. The van der Waals surface area contributed by atoms with Gasteiger partial charge in [0, 0.05) is 13.1 Å². The number of pyridine rings is 1. The van der Waals surface area contributed by atoms with Crippen LogP contribution in [0.15, 0.2) is 36.4 Å². The van der Waals surface area contributed by atoms with Crippen LogP contribution in [-0.4, -0.2) is 16.1 Å². The fourth-order valence-electron chi connectivity index (χ4n) is 1.68. The number of carboxylic acids is 1. The van der Waals surface area contributed by atoms with E-state index in [-0.39, 0.29) is 5.69 Å². The average molecular weight is 278 g/mol. The van der Waals surface area contributed by atoms with Crippen molar-refractivity contribution in [2.45, 2.75) is 13.1 Å². The van der Waals surface area contributed by atoms with Crippen molar-refractivity contribution < 1.29 is 18.7 Å². The normalized spacial score (nSPS) is 10.5. The molecule has 1 heterocycles. The van der Waals surface area contributed by atoms with Crippen molar-refractivity contribution in [3.8, 4) is 0 Å². The first-order chi connectivity index (χ1) is 9.56. The minimum atomic E-state index is -1.09. The van der Waals surface area contributed by atoms with Crippen molar-refractivity contribution in [2.75, 3.05) is 0 Å². The molecule has 0 amide bonds. The maximum absolute atomic E-state index is 13.0. The highest BCUT2D eigenvalue weighted by molar-refractivity contribution is 5.85. The van der Waals surface area contributed by atoms with Crippen molar-refractivity contribution in [2.24, 2.45) is 0 Å². The van der Waals surface area contributed by atoms with E-state index in [0.717, 1.165) is 12.1 Å². The van der Waals surface area contributed by atoms with Gasteiger partial charge in [-0.15, -0.1) is 0 Å². The Morgan fingerprint density at radius 2 is 1.95 bits per heavy atom. The monoisotopic (exact) mass is 278 g/mol. The molecule has 20 heavy (non-hydrogen) atoms. The zero-order valence-corrected chi connectivity index (χ0v) is 10.4. The topological polar surface area (TPSA) is 62.2 Å². The van der Waals surface area contributed by atoms with Gasteiger partial charge in [0.2, 0.25) is 0 Å². The Kier molecular flexibility index (Phi) is 4.37. The Balaban J connectivity index is 1.94. The number of halogens is 2. The quantitative estimate of drug-likeness (QED) is 0.881. The lowest BCUT2D eigenvalue weighted by molar-refractivity contribution is 0.0690. The molecule has 4 nitrogen and oxygen atoms in total. The molecule has 2 rings (SSSR count). The van der Waals surface area contributed by atoms with E-state index in [9.17, 15) is 13.6 Å². The predicted molar refractivity (Wildman–Crippen MR) is 68.1 cm³/mol. The Labute approximate surface area is 114 Å². The van der Waals surface area contributed by atoms with E-state index in [2.05, 4.69) is 10.3 Å². The van der Waals surface area contributed by atoms with E-state index >= 15 is 0 Å². The standard InChI is InChI=1S/C14H12F2N2O2/c15-11-5-4-9(6-12(11)16)7-17-8-10-2-1-3-13(18-10)14(19)20/h1-6,17H,7-8H2,(H,19,20). The summed E-state index contributed by atoms with van der Waals surface area (Å²) in [6, 6.07) is 8.35. The van der Waals surface area contributed by atoms with Crippen LogP contribution < -0.4 is 5.32 Å². The highest BCUT2D eigenvalue weighted by Gasteiger charge is 2.05. The number of carbonyl (C=O) groups is 1. The van der Waals surface area contributed by atoms with Crippen LogP contribution in [0.5, 0.6) is 0 Å². The van der Waals surface area contributed by atoms with E-state index in [1.165, 1.54) is 12.1 Å². The molecule has 0 saturated heterocycles. The van der Waals surface area contributed by atoms with Crippen molar-refractivity contribution >= 4 is 5.97 Å². The van der Waals surface area contributed by atoms with E-state index < -0.39 is 17.6 Å². The number of nitrogens with zero attached hydrogens (tertiary/aromatic N) is 1. The minimum Gasteiger partial charge on any atom is -0.477 e. The van der Waals surface area contributed by atoms with E-state index in [0.29, 0.717) is 24.3 Å². The lowest BCUT2D eigenvalue weighted by Gasteiger charge is -2.05. The second kappa shape index (κ2) is 6.21. The van der Waals surface area contributed by atoms with Gasteiger partial charge in [-0.05, 0) is 29.8 Å². The number of benzene rings is 1. The first-order valence-corrected chi connectivity index (χ1v) is 5.90. The molecule has 0 unspecified atom stereocenters. The third kappa shape index (κ3) is 3.58. The van der Waals surface area contributed by atoms with E-state index in [1.807, 2.05) is 0 Å². The smallest absolute Gasteiger partial charge is 0.354 e. The van der Waals surface area contributed by atoms with Crippen LogP contribution in [0.2, 0.25) is 0 Å². The van der Waals surface area contributed by atoms with Crippen LogP contribution in [0.1, 0.15) is 21.7 Å². The Hall–Kier alpha value is -2.34. The van der Waals surface area contributed by atoms with Gasteiger partial charge in [0.05, 0.1) is 5.69 Å². The van der Waals surface area contributed by atoms with Gasteiger partial charge in [-0.1, -0.05) is 12.1 Å². The molecule has 0 fully saturated rings. The maximum atomic E-state index is 13.0. The summed E-state index contributed by atoms with van der Waals surface area (Å²) >= 11 is 0. The zero-order chi connectivity index (χ0) is 14.5. The number of hydrogen-bond donors (Lipinski definition) is 2. The van der Waals surface area contributed by atoms with Crippen LogP contribution in [-0.2, 0) is 13.1 Å². The number of aromatic nitrogens is 1. The molecule has 0 spiro atoms. The van der Waals surface area contributed by atoms with Gasteiger partial charge in [0.25, 0.3) is 0 Å². The summed E-state index contributed by atoms with van der Waals surface area (Å²) in [4.78, 5) is 14.7. The number of carboxylic acid groups (broad SMARTS) is 1. The largest absolute Gasteiger partial charge is 0.477 e. The molecule has 0 saturated carbocycles. The number of nitrogens with one attached hydrogen (secondary N) is 1. The van der Waals surface area contributed by atoms with Crippen molar-refractivity contribution in [3.05, 3.63) is 65.0 Å². The molecule has 0 bridgehead atoms. The highest BCUT2D eigenvalue weighted by Crippen LogP contribution is 2.08. The molecule has 0 radical (unpaired) electrons. The van der Waals surface area contributed by atoms with Gasteiger partial charge < -0.3 is 10.4 Å². The fourth-order valence-corrected chi connectivity index (χ4v) is 1.68. The summed E-state index contributed by atoms with van der Waals surface area (Å²) in [5, 5.41) is 11.8. The van der Waals surface area contributed by atoms with Crippen molar-refractivity contribution in [1.29, 1.82) is 0 Å². The Bertz CT molecular complexity index is 632. The van der Waals surface area contributed by atoms with Crippen LogP contribution in [0.25, 0.3) is 0 Å². The van der Waals surface area contributed by atoms with Crippen LogP contribution in [0.3, 0.4) is 0 Å². The summed E-state index contributed by atoms with van der Waals surface area (Å²) < 4.78 is 25.7. The lowest BCUT2D eigenvalue weighted by atomic mass is 10.2. The first-order valence-electron chi connectivity index (χ1n) is 5.90. The van der Waals surface area contributed by atoms with Gasteiger partial charge in [0.15, 0.2) is 11.6 Å². The second-order valence-corrected chi connectivity index (χ2v) is 4.17. The first kappa shape index (κ1) is 14.1. The molecule has 1 aromatic heterocycles. The SMILES string of the molecule is O=C(O)c1cccc(CNCc2ccc(F)c(F)c2)n1. The molecule has 0 aliphatic rings. The molecule has 1 aromatic carbocycles. The van der Waals surface area contributed by atoms with Crippen molar-refractivity contribution in [1.82, 2.24) is 10.3 Å². The van der Waals surface area contributed by atoms with E-state index in [1.54, 1.807) is 12.1 Å². The Morgan fingerprint density at radius 1 is 1.15 bits per heavy atom. The summed E-state index contributed by atoms with van der Waals surface area (Å²) in [6.45, 7) is 0.663. The van der Waals surface area contributed by atoms with Gasteiger partial charge in [-0.25, -0.2) is 18.6 Å². The van der Waals surface area contributed by atoms with Gasteiger partial charge in [-0.2, -0.15) is 0 Å². The van der Waals surface area contributed by atoms with Crippen LogP contribution >= 0.6 is 0 Å².